The lowest BCUT2D eigenvalue weighted by Crippen LogP contribution is -2.45. The number of carbonyl (C=O) groups excluding carboxylic acids is 2. The molecule has 0 saturated heterocycles. The zero-order valence-corrected chi connectivity index (χ0v) is 20.3. The van der Waals surface area contributed by atoms with Crippen LogP contribution in [0, 0.1) is 5.82 Å². The Morgan fingerprint density at radius 1 is 1.32 bits per heavy atom. The summed E-state index contributed by atoms with van der Waals surface area (Å²) in [6.45, 7) is 1.82. The van der Waals surface area contributed by atoms with Gasteiger partial charge in [0, 0.05) is 38.4 Å². The van der Waals surface area contributed by atoms with Crippen molar-refractivity contribution in [2.45, 2.75) is 57.7 Å². The fraction of sp³-hybridized carbons (Fsp3) is 0.600. The number of halogens is 2. The van der Waals surface area contributed by atoms with E-state index in [-0.39, 0.29) is 54.7 Å². The molecular weight excluding hydrogens is 466 g/mol. The van der Waals surface area contributed by atoms with Crippen molar-refractivity contribution in [2.24, 2.45) is 0 Å². The SMILES string of the molecule is CCCP(=O)(O)CC[C@H](O)CC(CCC(=O)S)N(C)C(=O)NCc1cccc(F)c1Cl. The first-order valence-electron chi connectivity index (χ1n) is 10.1. The summed E-state index contributed by atoms with van der Waals surface area (Å²) in [5.74, 6) is -0.584. The molecule has 11 heteroatoms. The van der Waals surface area contributed by atoms with Gasteiger partial charge in [-0.2, -0.15) is 0 Å². The Kier molecular flexibility index (Phi) is 12.1. The molecule has 0 heterocycles. The normalized spacial score (nSPS) is 15.1. The summed E-state index contributed by atoms with van der Waals surface area (Å²) in [5, 5.41) is 12.6. The summed E-state index contributed by atoms with van der Waals surface area (Å²) in [6, 6.07) is 3.32. The number of thiol groups is 1. The molecule has 0 spiro atoms. The Hall–Kier alpha value is -1.12. The highest BCUT2D eigenvalue weighted by molar-refractivity contribution is 7.96. The number of nitrogens with zero attached hydrogens (tertiary/aromatic N) is 1. The lowest BCUT2D eigenvalue weighted by atomic mass is 10.0. The summed E-state index contributed by atoms with van der Waals surface area (Å²) in [6.07, 6.45) is 0.486. The molecule has 31 heavy (non-hydrogen) atoms. The van der Waals surface area contributed by atoms with Crippen molar-refractivity contribution >= 4 is 42.7 Å². The molecule has 176 valence electrons. The predicted molar refractivity (Wildman–Crippen MR) is 124 cm³/mol. The van der Waals surface area contributed by atoms with Gasteiger partial charge in [-0.3, -0.25) is 9.36 Å². The third-order valence-corrected chi connectivity index (χ3v) is 7.70. The van der Waals surface area contributed by atoms with Crippen molar-refractivity contribution in [2.75, 3.05) is 19.4 Å². The van der Waals surface area contributed by atoms with Gasteiger partial charge in [-0.05, 0) is 37.3 Å². The number of urea groups is 1. The number of aliphatic hydroxyl groups excluding tert-OH is 1. The van der Waals surface area contributed by atoms with Gasteiger partial charge in [0.1, 0.15) is 5.82 Å². The molecule has 0 saturated carbocycles. The Bertz CT molecular complexity index is 801. The van der Waals surface area contributed by atoms with E-state index in [1.807, 2.05) is 6.92 Å². The lowest BCUT2D eigenvalue weighted by molar-refractivity contribution is -0.111. The fourth-order valence-electron chi connectivity index (χ4n) is 3.15. The minimum absolute atomic E-state index is 0.00521. The monoisotopic (exact) mass is 496 g/mol. The highest BCUT2D eigenvalue weighted by atomic mass is 35.5. The maximum absolute atomic E-state index is 13.6. The molecule has 0 aromatic heterocycles. The van der Waals surface area contributed by atoms with Gasteiger partial charge >= 0.3 is 6.03 Å². The van der Waals surface area contributed by atoms with Crippen molar-refractivity contribution in [3.63, 3.8) is 0 Å². The summed E-state index contributed by atoms with van der Waals surface area (Å²) in [4.78, 5) is 35.1. The molecule has 7 nitrogen and oxygen atoms in total. The molecule has 0 fully saturated rings. The van der Waals surface area contributed by atoms with E-state index in [9.17, 15) is 28.5 Å². The van der Waals surface area contributed by atoms with Crippen LogP contribution in [0.1, 0.15) is 44.6 Å². The molecule has 0 radical (unpaired) electrons. The van der Waals surface area contributed by atoms with Crippen LogP contribution < -0.4 is 5.32 Å². The molecule has 0 aliphatic heterocycles. The maximum atomic E-state index is 13.6. The first-order chi connectivity index (χ1) is 14.5. The molecule has 1 aromatic carbocycles. The van der Waals surface area contributed by atoms with Crippen LogP contribution in [0.15, 0.2) is 18.2 Å². The van der Waals surface area contributed by atoms with Gasteiger partial charge in [-0.1, -0.05) is 30.7 Å². The first kappa shape index (κ1) is 27.9. The predicted octanol–water partition coefficient (Wildman–Crippen LogP) is 4.05. The Morgan fingerprint density at radius 3 is 2.61 bits per heavy atom. The number of hydrogen-bond donors (Lipinski definition) is 4. The van der Waals surface area contributed by atoms with Gasteiger partial charge < -0.3 is 20.2 Å². The molecule has 2 unspecified atom stereocenters. The van der Waals surface area contributed by atoms with E-state index in [2.05, 4.69) is 17.9 Å². The number of aliphatic hydroxyl groups is 1. The first-order valence-corrected chi connectivity index (χ1v) is 13.0. The molecule has 0 aliphatic carbocycles. The van der Waals surface area contributed by atoms with Crippen LogP contribution in [-0.2, 0) is 15.9 Å². The van der Waals surface area contributed by atoms with Crippen molar-refractivity contribution in [3.8, 4) is 0 Å². The third-order valence-electron chi connectivity index (χ3n) is 4.95. The zero-order valence-electron chi connectivity index (χ0n) is 17.8. The van der Waals surface area contributed by atoms with E-state index in [4.69, 9.17) is 11.6 Å². The molecule has 3 N–H and O–H groups in total. The molecule has 2 amide bonds. The number of carbonyl (C=O) groups is 2. The Balaban J connectivity index is 2.74. The summed E-state index contributed by atoms with van der Waals surface area (Å²) < 4.78 is 25.6. The minimum atomic E-state index is -3.28. The van der Waals surface area contributed by atoms with E-state index in [0.29, 0.717) is 12.0 Å². The second kappa shape index (κ2) is 13.4. The molecule has 1 aromatic rings. The van der Waals surface area contributed by atoms with Crippen LogP contribution >= 0.6 is 31.6 Å². The van der Waals surface area contributed by atoms with Gasteiger partial charge in [0.25, 0.3) is 0 Å². The van der Waals surface area contributed by atoms with Gasteiger partial charge in [0.05, 0.1) is 11.1 Å². The number of benzene rings is 1. The van der Waals surface area contributed by atoms with Crippen LogP contribution in [0.5, 0.6) is 0 Å². The molecule has 3 atom stereocenters. The van der Waals surface area contributed by atoms with E-state index in [1.165, 1.54) is 24.1 Å². The van der Waals surface area contributed by atoms with Crippen LogP contribution in [0.3, 0.4) is 0 Å². The average Bonchev–Trinajstić information content (AvgIpc) is 2.69. The van der Waals surface area contributed by atoms with Crippen LogP contribution in [0.4, 0.5) is 9.18 Å². The number of hydrogen-bond acceptors (Lipinski definition) is 4. The molecular formula is C20H31ClFN2O5PS. The summed E-state index contributed by atoms with van der Waals surface area (Å²) in [5.41, 5.74) is 0.417. The zero-order chi connectivity index (χ0) is 23.6. The van der Waals surface area contributed by atoms with Gasteiger partial charge in [0.2, 0.25) is 7.37 Å². The smallest absolute Gasteiger partial charge is 0.317 e. The number of rotatable bonds is 13. The number of nitrogens with one attached hydrogen (secondary N) is 1. The summed E-state index contributed by atoms with van der Waals surface area (Å²) in [7, 11) is -1.75. The van der Waals surface area contributed by atoms with Crippen molar-refractivity contribution in [3.05, 3.63) is 34.6 Å². The second-order valence-corrected chi connectivity index (χ2v) is 11.0. The average molecular weight is 497 g/mol. The Morgan fingerprint density at radius 2 is 2.00 bits per heavy atom. The van der Waals surface area contributed by atoms with Gasteiger partial charge in [-0.15, -0.1) is 12.6 Å². The standard InChI is InChI=1S/C20H31ClFN2O5PS/c1-3-10-30(28,29)11-9-16(25)12-15(7-8-18(26)31)24(2)20(27)23-13-14-5-4-6-17(22)19(14)21/h4-6,15-16,25H,3,7-13H2,1-2H3,(H,23,27)(H,26,31)(H,28,29)/t15?,16-/m0/s1. The van der Waals surface area contributed by atoms with E-state index in [0.717, 1.165) is 0 Å². The topological polar surface area (TPSA) is 107 Å². The lowest BCUT2D eigenvalue weighted by Gasteiger charge is -2.30. The maximum Gasteiger partial charge on any atom is 0.317 e. The quantitative estimate of drug-likeness (QED) is 0.243. The minimum Gasteiger partial charge on any atom is -0.393 e. The van der Waals surface area contributed by atoms with E-state index in [1.54, 1.807) is 6.07 Å². The van der Waals surface area contributed by atoms with Gasteiger partial charge in [0.15, 0.2) is 5.12 Å². The van der Waals surface area contributed by atoms with Crippen LogP contribution in [-0.4, -0.2) is 57.6 Å². The van der Waals surface area contributed by atoms with Crippen LogP contribution in [0.2, 0.25) is 5.02 Å². The number of amides is 2. The largest absolute Gasteiger partial charge is 0.393 e. The molecule has 0 bridgehead atoms. The highest BCUT2D eigenvalue weighted by Crippen LogP contribution is 2.42. The van der Waals surface area contributed by atoms with Crippen LogP contribution in [0.25, 0.3) is 0 Å². The Labute approximate surface area is 193 Å². The second-order valence-electron chi connectivity index (χ2n) is 7.54. The fourth-order valence-corrected chi connectivity index (χ4v) is 5.10. The van der Waals surface area contributed by atoms with E-state index < -0.39 is 31.4 Å². The van der Waals surface area contributed by atoms with Crippen molar-refractivity contribution < 1.29 is 28.5 Å². The third kappa shape index (κ3) is 10.4. The highest BCUT2D eigenvalue weighted by Gasteiger charge is 2.25. The summed E-state index contributed by atoms with van der Waals surface area (Å²) >= 11 is 9.66. The van der Waals surface area contributed by atoms with E-state index >= 15 is 0 Å². The molecule has 0 aliphatic rings. The molecule has 1 rings (SSSR count). The van der Waals surface area contributed by atoms with Crippen molar-refractivity contribution in [1.82, 2.24) is 10.2 Å². The van der Waals surface area contributed by atoms with Gasteiger partial charge in [-0.25, -0.2) is 9.18 Å². The van der Waals surface area contributed by atoms with Crippen molar-refractivity contribution in [1.29, 1.82) is 0 Å².